The van der Waals surface area contributed by atoms with Gasteiger partial charge in [0.1, 0.15) is 11.4 Å². The maximum absolute atomic E-state index is 12.6. The van der Waals surface area contributed by atoms with Crippen LogP contribution < -0.4 is 15.4 Å². The number of benzene rings is 1. The van der Waals surface area contributed by atoms with Crippen LogP contribution in [0.4, 0.5) is 5.69 Å². The van der Waals surface area contributed by atoms with Crippen LogP contribution in [-0.4, -0.2) is 37.7 Å². The van der Waals surface area contributed by atoms with Crippen LogP contribution in [0.2, 0.25) is 5.02 Å². The normalized spacial score (nSPS) is 18.0. The quantitative estimate of drug-likeness (QED) is 0.530. The molecule has 1 fully saturated rings. The summed E-state index contributed by atoms with van der Waals surface area (Å²) >= 11 is 6.02. The molecule has 2 N–H and O–H groups in total. The van der Waals surface area contributed by atoms with Crippen molar-refractivity contribution < 1.29 is 14.5 Å². The van der Waals surface area contributed by atoms with E-state index < -0.39 is 4.92 Å². The van der Waals surface area contributed by atoms with Gasteiger partial charge >= 0.3 is 0 Å². The molecule has 10 heteroatoms. The number of carbonyl (C=O) groups excluding carboxylic acids is 1. The molecule has 3 rings (SSSR count). The lowest BCUT2D eigenvalue weighted by atomic mass is 9.79. The van der Waals surface area contributed by atoms with Gasteiger partial charge in [0.15, 0.2) is 6.73 Å². The van der Waals surface area contributed by atoms with Gasteiger partial charge in [0.05, 0.1) is 9.95 Å². The van der Waals surface area contributed by atoms with E-state index in [-0.39, 0.29) is 40.5 Å². The minimum Gasteiger partial charge on any atom is -0.470 e. The Balaban J connectivity index is 1.59. The second-order valence-electron chi connectivity index (χ2n) is 8.86. The maximum atomic E-state index is 12.6. The van der Waals surface area contributed by atoms with Crippen LogP contribution in [-0.2, 0) is 6.73 Å². The molecule has 1 saturated heterocycles. The van der Waals surface area contributed by atoms with Crippen molar-refractivity contribution in [1.29, 1.82) is 0 Å². The molecule has 0 spiro atoms. The Morgan fingerprint density at radius 2 is 2.00 bits per heavy atom. The number of nitrogens with one attached hydrogen (secondary N) is 2. The molecular weight excluding hydrogens is 410 g/mol. The van der Waals surface area contributed by atoms with E-state index in [0.717, 1.165) is 12.8 Å². The van der Waals surface area contributed by atoms with Crippen LogP contribution in [0.3, 0.4) is 0 Å². The Bertz CT molecular complexity index is 940. The van der Waals surface area contributed by atoms with Crippen LogP contribution in [0.25, 0.3) is 0 Å². The lowest BCUT2D eigenvalue weighted by Gasteiger charge is -2.46. The molecule has 162 valence electrons. The molecule has 1 amide bonds. The lowest BCUT2D eigenvalue weighted by Crippen LogP contribution is -2.62. The Morgan fingerprint density at radius 3 is 2.60 bits per heavy atom. The third kappa shape index (κ3) is 5.48. The first kappa shape index (κ1) is 22.0. The van der Waals surface area contributed by atoms with Crippen molar-refractivity contribution in [2.75, 3.05) is 0 Å². The number of aromatic nitrogens is 2. The fraction of sp³-hybridized carbons (Fsp3) is 0.500. The Hall–Kier alpha value is -2.65. The second kappa shape index (κ2) is 8.23. The van der Waals surface area contributed by atoms with Crippen LogP contribution >= 0.6 is 11.6 Å². The van der Waals surface area contributed by atoms with Gasteiger partial charge in [-0.1, -0.05) is 11.6 Å². The standard InChI is InChI=1S/C20H26ClN5O4/c1-19(2)10-13(11-20(3,4)24-19)22-18(27)16-7-8-25(23-16)12-30-17-6-5-14(26(28)29)9-15(17)21/h5-9,13,24H,10-12H2,1-4H3,(H,22,27). The summed E-state index contributed by atoms with van der Waals surface area (Å²) in [6.45, 7) is 8.52. The van der Waals surface area contributed by atoms with Crippen molar-refractivity contribution >= 4 is 23.2 Å². The fourth-order valence-corrected chi connectivity index (χ4v) is 4.32. The van der Waals surface area contributed by atoms with Gasteiger partial charge in [-0.05, 0) is 52.7 Å². The van der Waals surface area contributed by atoms with E-state index in [0.29, 0.717) is 11.4 Å². The first-order chi connectivity index (χ1) is 13.9. The Morgan fingerprint density at radius 1 is 1.33 bits per heavy atom. The smallest absolute Gasteiger partial charge is 0.271 e. The number of rotatable bonds is 6. The third-order valence-electron chi connectivity index (χ3n) is 4.88. The van der Waals surface area contributed by atoms with Gasteiger partial charge in [-0.3, -0.25) is 14.9 Å². The third-order valence-corrected chi connectivity index (χ3v) is 5.17. The molecule has 0 aliphatic carbocycles. The molecule has 1 aromatic carbocycles. The highest BCUT2D eigenvalue weighted by molar-refractivity contribution is 6.32. The Kier molecular flexibility index (Phi) is 6.05. The highest BCUT2D eigenvalue weighted by Crippen LogP contribution is 2.29. The highest BCUT2D eigenvalue weighted by atomic mass is 35.5. The predicted molar refractivity (Wildman–Crippen MR) is 113 cm³/mol. The largest absolute Gasteiger partial charge is 0.470 e. The number of piperidine rings is 1. The number of ether oxygens (including phenoxy) is 1. The monoisotopic (exact) mass is 435 g/mol. The predicted octanol–water partition coefficient (Wildman–Crippen LogP) is 3.52. The first-order valence-electron chi connectivity index (χ1n) is 9.65. The molecule has 1 aliphatic heterocycles. The van der Waals surface area contributed by atoms with Crippen LogP contribution in [0.1, 0.15) is 51.0 Å². The van der Waals surface area contributed by atoms with Crippen molar-refractivity contribution in [3.63, 3.8) is 0 Å². The summed E-state index contributed by atoms with van der Waals surface area (Å²) in [5.74, 6) is 0.0588. The number of nitro benzene ring substituents is 1. The van der Waals surface area contributed by atoms with Crippen LogP contribution in [0.15, 0.2) is 30.5 Å². The van der Waals surface area contributed by atoms with E-state index >= 15 is 0 Å². The number of nitrogens with zero attached hydrogens (tertiary/aromatic N) is 3. The number of non-ortho nitro benzene ring substituents is 1. The first-order valence-corrected chi connectivity index (χ1v) is 10.0. The average molecular weight is 436 g/mol. The van der Waals surface area contributed by atoms with Crippen molar-refractivity contribution in [2.45, 2.75) is 64.4 Å². The maximum Gasteiger partial charge on any atom is 0.271 e. The van der Waals surface area contributed by atoms with Crippen molar-refractivity contribution in [2.24, 2.45) is 0 Å². The number of carbonyl (C=O) groups is 1. The SMILES string of the molecule is CC1(C)CC(NC(=O)c2ccn(COc3ccc([N+](=O)[O-])cc3Cl)n2)CC(C)(C)N1. The molecule has 1 aromatic heterocycles. The summed E-state index contributed by atoms with van der Waals surface area (Å²) in [5, 5.41) is 21.8. The zero-order valence-electron chi connectivity index (χ0n) is 17.4. The molecule has 0 bridgehead atoms. The lowest BCUT2D eigenvalue weighted by molar-refractivity contribution is -0.384. The number of nitro groups is 1. The highest BCUT2D eigenvalue weighted by Gasteiger charge is 2.38. The zero-order chi connectivity index (χ0) is 22.1. The molecule has 2 heterocycles. The van der Waals surface area contributed by atoms with Crippen LogP contribution in [0.5, 0.6) is 5.75 Å². The van der Waals surface area contributed by atoms with Gasteiger partial charge in [-0.15, -0.1) is 0 Å². The van der Waals surface area contributed by atoms with E-state index in [1.165, 1.54) is 22.9 Å². The van der Waals surface area contributed by atoms with Crippen molar-refractivity contribution in [3.8, 4) is 5.75 Å². The zero-order valence-corrected chi connectivity index (χ0v) is 18.2. The van der Waals surface area contributed by atoms with Crippen molar-refractivity contribution in [1.82, 2.24) is 20.4 Å². The topological polar surface area (TPSA) is 111 Å². The molecule has 0 unspecified atom stereocenters. The average Bonchev–Trinajstić information content (AvgIpc) is 3.06. The van der Waals surface area contributed by atoms with E-state index in [9.17, 15) is 14.9 Å². The van der Waals surface area contributed by atoms with E-state index in [1.807, 2.05) is 0 Å². The minimum atomic E-state index is -0.529. The van der Waals surface area contributed by atoms with Gasteiger partial charge in [-0.2, -0.15) is 5.10 Å². The minimum absolute atomic E-state index is 0.0121. The van der Waals surface area contributed by atoms with E-state index in [1.54, 1.807) is 12.3 Å². The summed E-state index contributed by atoms with van der Waals surface area (Å²) in [7, 11) is 0. The molecule has 1 aliphatic rings. The second-order valence-corrected chi connectivity index (χ2v) is 9.26. The van der Waals surface area contributed by atoms with Crippen LogP contribution in [0, 0.1) is 10.1 Å². The summed E-state index contributed by atoms with van der Waals surface area (Å²) < 4.78 is 7.02. The summed E-state index contributed by atoms with van der Waals surface area (Å²) in [4.78, 5) is 22.9. The molecule has 9 nitrogen and oxygen atoms in total. The summed E-state index contributed by atoms with van der Waals surface area (Å²) in [6.07, 6.45) is 3.28. The molecule has 0 atom stereocenters. The summed E-state index contributed by atoms with van der Waals surface area (Å²) in [6, 6.07) is 5.63. The fourth-order valence-electron chi connectivity index (χ4n) is 4.09. The number of hydrogen-bond acceptors (Lipinski definition) is 6. The number of hydrogen-bond donors (Lipinski definition) is 2. The molecule has 30 heavy (non-hydrogen) atoms. The molecule has 0 saturated carbocycles. The number of amides is 1. The van der Waals surface area contributed by atoms with Gasteiger partial charge < -0.3 is 15.4 Å². The molecule has 2 aromatic rings. The molecular formula is C20H26ClN5O4. The summed E-state index contributed by atoms with van der Waals surface area (Å²) in [5.41, 5.74) is 0.0330. The van der Waals surface area contributed by atoms with Gasteiger partial charge in [0.25, 0.3) is 11.6 Å². The van der Waals surface area contributed by atoms with Gasteiger partial charge in [-0.25, -0.2) is 4.68 Å². The van der Waals surface area contributed by atoms with Gasteiger partial charge in [0, 0.05) is 35.4 Å². The van der Waals surface area contributed by atoms with Crippen molar-refractivity contribution in [3.05, 3.63) is 51.3 Å². The van der Waals surface area contributed by atoms with E-state index in [4.69, 9.17) is 16.3 Å². The van der Waals surface area contributed by atoms with Gasteiger partial charge in [0.2, 0.25) is 0 Å². The number of halogens is 1. The molecule has 0 radical (unpaired) electrons. The van der Waals surface area contributed by atoms with E-state index in [2.05, 4.69) is 43.4 Å². The Labute approximate surface area is 179 Å².